The highest BCUT2D eigenvalue weighted by Gasteiger charge is 2.36. The van der Waals surface area contributed by atoms with Gasteiger partial charge in [0, 0.05) is 15.8 Å². The van der Waals surface area contributed by atoms with E-state index in [1.807, 2.05) is 67.6 Å². The Kier molecular flexibility index (Phi) is 8.72. The highest BCUT2D eigenvalue weighted by Crippen LogP contribution is 2.35. The van der Waals surface area contributed by atoms with Crippen LogP contribution in [0.5, 0.6) is 5.75 Å². The Morgan fingerprint density at radius 1 is 1.00 bits per heavy atom. The SMILES string of the molecule is COc1ccc(C)cc1S(=O)(=O)N(CC(=O)Nc1ccccc1Sc1ccccc1)C1CCCCC1. The lowest BCUT2D eigenvalue weighted by Crippen LogP contribution is -2.45. The summed E-state index contributed by atoms with van der Waals surface area (Å²) in [5.74, 6) is -0.0803. The Hall–Kier alpha value is -2.81. The largest absolute Gasteiger partial charge is 0.495 e. The Balaban J connectivity index is 1.60. The van der Waals surface area contributed by atoms with E-state index in [1.54, 1.807) is 23.9 Å². The lowest BCUT2D eigenvalue weighted by atomic mass is 9.95. The fourth-order valence-electron chi connectivity index (χ4n) is 4.50. The first kappa shape index (κ1) is 26.3. The van der Waals surface area contributed by atoms with Gasteiger partial charge in [0.1, 0.15) is 10.6 Å². The summed E-state index contributed by atoms with van der Waals surface area (Å²) >= 11 is 1.55. The molecule has 3 aromatic rings. The fraction of sp³-hybridized carbons (Fsp3) is 0.321. The number of carbonyl (C=O) groups excluding carboxylic acids is 1. The van der Waals surface area contributed by atoms with Gasteiger partial charge in [-0.1, -0.05) is 67.4 Å². The Morgan fingerprint density at radius 3 is 2.42 bits per heavy atom. The van der Waals surface area contributed by atoms with Gasteiger partial charge < -0.3 is 10.1 Å². The van der Waals surface area contributed by atoms with Crippen LogP contribution in [0.1, 0.15) is 37.7 Å². The van der Waals surface area contributed by atoms with Crippen LogP contribution in [0.2, 0.25) is 0 Å². The lowest BCUT2D eigenvalue weighted by molar-refractivity contribution is -0.116. The standard InChI is InChI=1S/C28H32N2O4S2/c1-21-17-18-25(34-2)27(19-21)36(32,33)30(22-11-5-3-6-12-22)20-28(31)29-24-15-9-10-16-26(24)35-23-13-7-4-8-14-23/h4,7-10,13-19,22H,3,5-6,11-12,20H2,1-2H3,(H,29,31). The van der Waals surface area contributed by atoms with Crippen molar-refractivity contribution in [3.05, 3.63) is 78.4 Å². The molecule has 0 radical (unpaired) electrons. The van der Waals surface area contributed by atoms with E-state index in [9.17, 15) is 13.2 Å². The summed E-state index contributed by atoms with van der Waals surface area (Å²) in [5.41, 5.74) is 1.47. The molecule has 0 bridgehead atoms. The van der Waals surface area contributed by atoms with E-state index < -0.39 is 10.0 Å². The van der Waals surface area contributed by atoms with Crippen molar-refractivity contribution in [3.63, 3.8) is 0 Å². The average Bonchev–Trinajstić information content (AvgIpc) is 2.89. The maximum absolute atomic E-state index is 13.9. The molecule has 1 amide bonds. The van der Waals surface area contributed by atoms with Crippen LogP contribution in [-0.4, -0.2) is 38.3 Å². The van der Waals surface area contributed by atoms with E-state index in [2.05, 4.69) is 5.32 Å². The maximum atomic E-state index is 13.9. The molecule has 0 atom stereocenters. The third kappa shape index (κ3) is 6.30. The molecule has 0 heterocycles. The smallest absolute Gasteiger partial charge is 0.247 e. The van der Waals surface area contributed by atoms with Gasteiger partial charge in [0.05, 0.1) is 19.3 Å². The molecule has 8 heteroatoms. The second-order valence-corrected chi connectivity index (χ2v) is 11.9. The number of ether oxygens (including phenoxy) is 1. The molecule has 1 aliphatic rings. The molecule has 0 aromatic heterocycles. The molecule has 4 rings (SSSR count). The van der Waals surface area contributed by atoms with Crippen molar-refractivity contribution in [1.29, 1.82) is 0 Å². The number of aryl methyl sites for hydroxylation is 1. The quantitative estimate of drug-likeness (QED) is 0.365. The van der Waals surface area contributed by atoms with Crippen molar-refractivity contribution >= 4 is 33.4 Å². The fourth-order valence-corrected chi connectivity index (χ4v) is 7.30. The first-order valence-corrected chi connectivity index (χ1v) is 14.4. The number of para-hydroxylation sites is 1. The number of hydrogen-bond acceptors (Lipinski definition) is 5. The topological polar surface area (TPSA) is 75.7 Å². The molecule has 1 fully saturated rings. The molecule has 1 saturated carbocycles. The molecule has 1 N–H and O–H groups in total. The number of nitrogens with one attached hydrogen (secondary N) is 1. The van der Waals surface area contributed by atoms with Gasteiger partial charge in [0.15, 0.2) is 0 Å². The summed E-state index contributed by atoms with van der Waals surface area (Å²) in [7, 11) is -2.51. The van der Waals surface area contributed by atoms with Crippen molar-refractivity contribution in [2.45, 2.75) is 59.8 Å². The summed E-state index contributed by atoms with van der Waals surface area (Å²) in [6.45, 7) is 1.59. The van der Waals surface area contributed by atoms with Crippen molar-refractivity contribution in [2.75, 3.05) is 19.0 Å². The zero-order valence-corrected chi connectivity index (χ0v) is 22.3. The Bertz CT molecular complexity index is 1290. The van der Waals surface area contributed by atoms with Crippen LogP contribution in [0.25, 0.3) is 0 Å². The molecule has 0 saturated heterocycles. The second-order valence-electron chi connectivity index (χ2n) is 8.96. The van der Waals surface area contributed by atoms with Gasteiger partial charge in [-0.2, -0.15) is 4.31 Å². The van der Waals surface area contributed by atoms with Crippen LogP contribution >= 0.6 is 11.8 Å². The molecule has 190 valence electrons. The number of sulfonamides is 1. The van der Waals surface area contributed by atoms with Crippen molar-refractivity contribution in [1.82, 2.24) is 4.31 Å². The normalized spacial score (nSPS) is 14.5. The minimum absolute atomic E-state index is 0.100. The number of amides is 1. The van der Waals surface area contributed by atoms with Crippen LogP contribution in [0.3, 0.4) is 0 Å². The molecular weight excluding hydrogens is 492 g/mol. The van der Waals surface area contributed by atoms with Crippen molar-refractivity contribution in [2.24, 2.45) is 0 Å². The van der Waals surface area contributed by atoms with Gasteiger partial charge in [-0.3, -0.25) is 4.79 Å². The zero-order valence-electron chi connectivity index (χ0n) is 20.6. The van der Waals surface area contributed by atoms with Gasteiger partial charge in [0.2, 0.25) is 15.9 Å². The number of carbonyl (C=O) groups is 1. The van der Waals surface area contributed by atoms with Gasteiger partial charge in [-0.25, -0.2) is 8.42 Å². The van der Waals surface area contributed by atoms with E-state index in [0.29, 0.717) is 5.69 Å². The number of benzene rings is 3. The summed E-state index contributed by atoms with van der Waals surface area (Å²) in [4.78, 5) is 15.4. The van der Waals surface area contributed by atoms with Crippen molar-refractivity contribution in [3.8, 4) is 5.75 Å². The van der Waals surface area contributed by atoms with Gasteiger partial charge in [-0.05, 0) is 61.7 Å². The molecule has 0 unspecified atom stereocenters. The number of methoxy groups -OCH3 is 1. The number of nitrogens with zero attached hydrogens (tertiary/aromatic N) is 1. The molecule has 3 aromatic carbocycles. The number of hydrogen-bond donors (Lipinski definition) is 1. The second kappa shape index (κ2) is 12.0. The Morgan fingerprint density at radius 2 is 1.69 bits per heavy atom. The zero-order chi connectivity index (χ0) is 25.5. The number of rotatable bonds is 9. The van der Waals surface area contributed by atoms with E-state index in [-0.39, 0.29) is 29.1 Å². The molecule has 36 heavy (non-hydrogen) atoms. The van der Waals surface area contributed by atoms with Gasteiger partial charge in [-0.15, -0.1) is 0 Å². The van der Waals surface area contributed by atoms with Crippen molar-refractivity contribution < 1.29 is 17.9 Å². The minimum Gasteiger partial charge on any atom is -0.495 e. The molecular formula is C28H32N2O4S2. The molecule has 1 aliphatic carbocycles. The summed E-state index contributed by atoms with van der Waals surface area (Å²) in [6.07, 6.45) is 4.44. The highest BCUT2D eigenvalue weighted by molar-refractivity contribution is 7.99. The highest BCUT2D eigenvalue weighted by atomic mass is 32.2. The third-order valence-corrected chi connectivity index (χ3v) is 9.32. The van der Waals surface area contributed by atoms with Gasteiger partial charge >= 0.3 is 0 Å². The van der Waals surface area contributed by atoms with Crippen LogP contribution < -0.4 is 10.1 Å². The Labute approximate surface area is 218 Å². The lowest BCUT2D eigenvalue weighted by Gasteiger charge is -2.33. The van der Waals surface area contributed by atoms with Gasteiger partial charge in [0.25, 0.3) is 0 Å². The van der Waals surface area contributed by atoms with E-state index in [0.717, 1.165) is 47.5 Å². The first-order chi connectivity index (χ1) is 17.4. The molecule has 0 aliphatic heterocycles. The third-order valence-electron chi connectivity index (χ3n) is 6.32. The summed E-state index contributed by atoms with van der Waals surface area (Å²) in [5, 5.41) is 2.97. The number of anilines is 1. The van der Waals surface area contributed by atoms with Crippen LogP contribution in [0, 0.1) is 6.92 Å². The average molecular weight is 525 g/mol. The predicted molar refractivity (Wildman–Crippen MR) is 144 cm³/mol. The first-order valence-electron chi connectivity index (χ1n) is 12.2. The monoisotopic (exact) mass is 524 g/mol. The predicted octanol–water partition coefficient (Wildman–Crippen LogP) is 6.12. The molecule has 0 spiro atoms. The summed E-state index contributed by atoms with van der Waals surface area (Å²) in [6, 6.07) is 22.4. The van der Waals surface area contributed by atoms with E-state index in [1.165, 1.54) is 11.4 Å². The summed E-state index contributed by atoms with van der Waals surface area (Å²) < 4.78 is 34.6. The van der Waals surface area contributed by atoms with Crippen LogP contribution in [0.15, 0.2) is 87.5 Å². The van der Waals surface area contributed by atoms with E-state index in [4.69, 9.17) is 4.74 Å². The van der Waals surface area contributed by atoms with Crippen LogP contribution in [-0.2, 0) is 14.8 Å². The molecule has 6 nitrogen and oxygen atoms in total. The maximum Gasteiger partial charge on any atom is 0.247 e. The van der Waals surface area contributed by atoms with E-state index >= 15 is 0 Å². The van der Waals surface area contributed by atoms with Crippen LogP contribution in [0.4, 0.5) is 5.69 Å². The minimum atomic E-state index is -3.97.